The Morgan fingerprint density at radius 3 is 2.56 bits per heavy atom. The highest BCUT2D eigenvalue weighted by molar-refractivity contribution is 8.16. The lowest BCUT2D eigenvalue weighted by molar-refractivity contribution is -0.143. The number of benzene rings is 2. The molecule has 0 radical (unpaired) electrons. The van der Waals surface area contributed by atoms with Crippen LogP contribution in [0.25, 0.3) is 0 Å². The Bertz CT molecular complexity index is 1280. The van der Waals surface area contributed by atoms with Crippen molar-refractivity contribution in [3.05, 3.63) is 92.9 Å². The molecule has 1 atom stereocenters. The third kappa shape index (κ3) is 5.54. The minimum atomic E-state index is -0.463. The minimum absolute atomic E-state index is 0.111. The summed E-state index contributed by atoms with van der Waals surface area (Å²) in [5.74, 6) is -0.902. The number of carbonyl (C=O) groups is 2. The van der Waals surface area contributed by atoms with Crippen molar-refractivity contribution in [1.29, 1.82) is 0 Å². The van der Waals surface area contributed by atoms with E-state index in [-0.39, 0.29) is 24.2 Å². The van der Waals surface area contributed by atoms with Crippen molar-refractivity contribution in [2.75, 3.05) is 0 Å². The van der Waals surface area contributed by atoms with Crippen LogP contribution in [0.1, 0.15) is 55.5 Å². The van der Waals surface area contributed by atoms with Gasteiger partial charge in [-0.05, 0) is 68.8 Å². The largest absolute Gasteiger partial charge is 0.459 e. The maximum Gasteiger partial charge on any atom is 0.338 e. The summed E-state index contributed by atoms with van der Waals surface area (Å²) < 4.78 is 18.8. The second-order valence-corrected chi connectivity index (χ2v) is 10.1. The molecule has 4 rings (SSSR count). The topological polar surface area (TPSA) is 71.0 Å². The molecule has 0 saturated carbocycles. The van der Waals surface area contributed by atoms with Crippen molar-refractivity contribution in [2.24, 2.45) is 4.99 Å². The normalized spacial score (nSPS) is 17.1. The number of ether oxygens (including phenoxy) is 1. The van der Waals surface area contributed by atoms with Crippen LogP contribution in [-0.4, -0.2) is 28.0 Å². The summed E-state index contributed by atoms with van der Waals surface area (Å²) in [6.07, 6.45) is -0.164. The van der Waals surface area contributed by atoms with Crippen LogP contribution in [0.4, 0.5) is 4.39 Å². The molecule has 36 heavy (non-hydrogen) atoms. The number of amidine groups is 1. The van der Waals surface area contributed by atoms with Gasteiger partial charge in [0.25, 0.3) is 0 Å². The lowest BCUT2D eigenvalue weighted by Gasteiger charge is -2.37. The van der Waals surface area contributed by atoms with Crippen LogP contribution >= 0.6 is 11.8 Å². The Labute approximate surface area is 215 Å². The van der Waals surface area contributed by atoms with Crippen molar-refractivity contribution in [3.63, 3.8) is 0 Å². The fourth-order valence-corrected chi connectivity index (χ4v) is 5.25. The van der Waals surface area contributed by atoms with E-state index in [0.29, 0.717) is 17.8 Å². The van der Waals surface area contributed by atoms with Crippen LogP contribution in [0.2, 0.25) is 0 Å². The predicted molar refractivity (Wildman–Crippen MR) is 140 cm³/mol. The monoisotopic (exact) mass is 507 g/mol. The van der Waals surface area contributed by atoms with E-state index in [1.165, 1.54) is 23.9 Å². The van der Waals surface area contributed by atoms with Gasteiger partial charge in [-0.15, -0.1) is 0 Å². The molecule has 2 heterocycles. The van der Waals surface area contributed by atoms with Gasteiger partial charge in [-0.1, -0.05) is 47.7 Å². The average Bonchev–Trinajstić information content (AvgIpc) is 3.20. The molecule has 2 aliphatic heterocycles. The SMILES string of the molecule is CC1=C(C(=O)OC(C)C)[C@H](c2cc(C)ccc2C)N2C(CC(=O)NCc3ccc(F)cc3)=CSC2=N1. The number of amides is 1. The van der Waals surface area contributed by atoms with E-state index in [2.05, 4.69) is 11.4 Å². The molecule has 8 heteroatoms. The molecule has 2 aliphatic rings. The number of esters is 1. The van der Waals surface area contributed by atoms with Crippen molar-refractivity contribution in [3.8, 4) is 0 Å². The van der Waals surface area contributed by atoms with Crippen LogP contribution in [0.15, 0.2) is 69.8 Å². The lowest BCUT2D eigenvalue weighted by Crippen LogP contribution is -2.38. The third-order valence-electron chi connectivity index (χ3n) is 6.04. The zero-order valence-corrected chi connectivity index (χ0v) is 21.9. The number of nitrogens with one attached hydrogen (secondary N) is 1. The third-order valence-corrected chi connectivity index (χ3v) is 6.93. The molecule has 1 N–H and O–H groups in total. The first-order valence-corrected chi connectivity index (χ1v) is 12.8. The molecule has 0 unspecified atom stereocenters. The Kier molecular flexibility index (Phi) is 7.64. The number of hydrogen-bond donors (Lipinski definition) is 1. The number of fused-ring (bicyclic) bond motifs is 1. The minimum Gasteiger partial charge on any atom is -0.459 e. The standard InChI is InChI=1S/C28H30FN3O3S/c1-16(2)35-27(34)25-19(5)31-28-32(26(25)23-12-17(3)6-7-18(23)4)22(15-36-28)13-24(33)30-14-20-8-10-21(29)11-9-20/h6-12,15-16,26H,13-14H2,1-5H3,(H,30,33)/t26-/m0/s1. The second kappa shape index (κ2) is 10.7. The van der Waals surface area contributed by atoms with Gasteiger partial charge in [-0.25, -0.2) is 14.2 Å². The Morgan fingerprint density at radius 2 is 1.86 bits per heavy atom. The maximum absolute atomic E-state index is 13.3. The fraction of sp³-hybridized carbons (Fsp3) is 0.321. The number of rotatable bonds is 7. The highest BCUT2D eigenvalue weighted by Crippen LogP contribution is 2.45. The number of hydrogen-bond acceptors (Lipinski definition) is 6. The summed E-state index contributed by atoms with van der Waals surface area (Å²) in [5, 5.41) is 5.54. The highest BCUT2D eigenvalue weighted by atomic mass is 32.2. The molecule has 2 aromatic rings. The Morgan fingerprint density at radius 1 is 1.14 bits per heavy atom. The Hall–Kier alpha value is -3.39. The summed E-state index contributed by atoms with van der Waals surface area (Å²) in [5.41, 5.74) is 5.73. The molecule has 0 aromatic heterocycles. The molecule has 0 bridgehead atoms. The van der Waals surface area contributed by atoms with Crippen molar-refractivity contribution < 1.29 is 18.7 Å². The molecule has 0 spiro atoms. The summed E-state index contributed by atoms with van der Waals surface area (Å²) >= 11 is 1.44. The number of aryl methyl sites for hydroxylation is 2. The van der Waals surface area contributed by atoms with Crippen LogP contribution in [0.3, 0.4) is 0 Å². The molecule has 0 saturated heterocycles. The van der Waals surface area contributed by atoms with Gasteiger partial charge in [-0.3, -0.25) is 4.79 Å². The molecule has 6 nitrogen and oxygen atoms in total. The average molecular weight is 508 g/mol. The quantitative estimate of drug-likeness (QED) is 0.489. The van der Waals surface area contributed by atoms with Gasteiger partial charge in [0.1, 0.15) is 5.82 Å². The van der Waals surface area contributed by atoms with E-state index in [4.69, 9.17) is 9.73 Å². The second-order valence-electron chi connectivity index (χ2n) is 9.29. The van der Waals surface area contributed by atoms with Gasteiger partial charge in [-0.2, -0.15) is 0 Å². The molecule has 0 fully saturated rings. The summed E-state index contributed by atoms with van der Waals surface area (Å²) in [6.45, 7) is 9.80. The van der Waals surface area contributed by atoms with Crippen LogP contribution in [0.5, 0.6) is 0 Å². The number of aliphatic imine (C=N–C) groups is 1. The molecule has 2 aromatic carbocycles. The zero-order valence-electron chi connectivity index (χ0n) is 21.1. The first-order valence-electron chi connectivity index (χ1n) is 11.9. The number of allylic oxidation sites excluding steroid dienone is 1. The lowest BCUT2D eigenvalue weighted by atomic mass is 9.90. The van der Waals surface area contributed by atoms with Crippen LogP contribution in [0, 0.1) is 19.7 Å². The molecule has 188 valence electrons. The van der Waals surface area contributed by atoms with Crippen LogP contribution < -0.4 is 5.32 Å². The van der Waals surface area contributed by atoms with E-state index in [1.807, 2.05) is 57.1 Å². The van der Waals surface area contributed by atoms with Crippen molar-refractivity contribution >= 4 is 28.8 Å². The Balaban J connectivity index is 1.64. The highest BCUT2D eigenvalue weighted by Gasteiger charge is 2.41. The van der Waals surface area contributed by atoms with Gasteiger partial charge >= 0.3 is 5.97 Å². The van der Waals surface area contributed by atoms with E-state index in [9.17, 15) is 14.0 Å². The summed E-state index contributed by atoms with van der Waals surface area (Å²) in [7, 11) is 0. The summed E-state index contributed by atoms with van der Waals surface area (Å²) in [4.78, 5) is 32.9. The van der Waals surface area contributed by atoms with E-state index >= 15 is 0 Å². The van der Waals surface area contributed by atoms with Gasteiger partial charge in [0.05, 0.1) is 29.8 Å². The number of thioether (sulfide) groups is 1. The molecular formula is C28H30FN3O3S. The summed E-state index contributed by atoms with van der Waals surface area (Å²) in [6, 6.07) is 11.7. The van der Waals surface area contributed by atoms with Gasteiger partial charge in [0, 0.05) is 12.2 Å². The van der Waals surface area contributed by atoms with Gasteiger partial charge in [0.15, 0.2) is 5.17 Å². The molecule has 0 aliphatic carbocycles. The fourth-order valence-electron chi connectivity index (χ4n) is 4.29. The predicted octanol–water partition coefficient (Wildman–Crippen LogP) is 5.68. The van der Waals surface area contributed by atoms with E-state index in [0.717, 1.165) is 33.1 Å². The first-order chi connectivity index (χ1) is 17.1. The van der Waals surface area contributed by atoms with Gasteiger partial charge in [0.2, 0.25) is 5.91 Å². The zero-order chi connectivity index (χ0) is 26.0. The van der Waals surface area contributed by atoms with Crippen molar-refractivity contribution in [2.45, 2.75) is 59.7 Å². The smallest absolute Gasteiger partial charge is 0.338 e. The van der Waals surface area contributed by atoms with Gasteiger partial charge < -0.3 is 15.0 Å². The molecule has 1 amide bonds. The number of carbonyl (C=O) groups excluding carboxylic acids is 2. The van der Waals surface area contributed by atoms with Crippen LogP contribution in [-0.2, 0) is 20.9 Å². The van der Waals surface area contributed by atoms with E-state index < -0.39 is 12.0 Å². The first kappa shape index (κ1) is 25.7. The maximum atomic E-state index is 13.3. The molecular weight excluding hydrogens is 477 g/mol. The number of nitrogens with zero attached hydrogens (tertiary/aromatic N) is 2. The van der Waals surface area contributed by atoms with E-state index in [1.54, 1.807) is 12.1 Å². The van der Waals surface area contributed by atoms with Crippen molar-refractivity contribution in [1.82, 2.24) is 10.2 Å². The number of halogens is 1.